The largest absolute Gasteiger partial charge is 0.573 e. The number of benzene rings is 2. The van der Waals surface area contributed by atoms with Gasteiger partial charge in [-0.1, -0.05) is 12.1 Å². The summed E-state index contributed by atoms with van der Waals surface area (Å²) in [5.41, 5.74) is 2.73. The molecule has 1 N–H and O–H groups in total. The third kappa shape index (κ3) is 9.69. The minimum Gasteiger partial charge on any atom is -0.485 e. The van der Waals surface area contributed by atoms with Gasteiger partial charge in [-0.25, -0.2) is 0 Å². The summed E-state index contributed by atoms with van der Waals surface area (Å²) in [5.74, 6) is -1.05. The molecule has 1 heterocycles. The first kappa shape index (κ1) is 31.8. The summed E-state index contributed by atoms with van der Waals surface area (Å²) in [6.07, 6.45) is -11.8. The summed E-state index contributed by atoms with van der Waals surface area (Å²) in [4.78, 5) is 24.3. The molecule has 13 heteroatoms. The lowest BCUT2D eigenvalue weighted by atomic mass is 9.95. The second-order valence-corrected chi connectivity index (χ2v) is 10.2. The maximum Gasteiger partial charge on any atom is 0.573 e. The first-order valence-electron chi connectivity index (χ1n) is 12.3. The molecule has 1 unspecified atom stereocenters. The number of ether oxygens (including phenoxy) is 3. The molecule has 1 atom stereocenters. The number of aryl methyl sites for hydroxylation is 2. The molecule has 41 heavy (non-hydrogen) atoms. The Balaban J connectivity index is 1.81. The van der Waals surface area contributed by atoms with Crippen molar-refractivity contribution in [2.75, 3.05) is 13.7 Å². The topological polar surface area (TPSA) is 73.9 Å². The molecule has 0 aliphatic heterocycles. The molecule has 0 spiro atoms. The summed E-state index contributed by atoms with van der Waals surface area (Å²) in [6, 6.07) is 11.6. The Bertz CT molecular complexity index is 1330. The highest BCUT2D eigenvalue weighted by Gasteiger charge is 2.32. The molecule has 3 rings (SSSR count). The number of esters is 1. The lowest BCUT2D eigenvalue weighted by Crippen LogP contribution is -2.25. The molecule has 0 saturated carbocycles. The number of amides is 1. The maximum atomic E-state index is 13.1. The number of hydrogen-bond acceptors (Lipinski definition) is 6. The van der Waals surface area contributed by atoms with Gasteiger partial charge in [0, 0.05) is 17.8 Å². The molecular weight excluding hydrogens is 576 g/mol. The Morgan fingerprint density at radius 1 is 0.927 bits per heavy atom. The molecule has 0 fully saturated rings. The van der Waals surface area contributed by atoms with Gasteiger partial charge in [0.1, 0.15) is 17.6 Å². The summed E-state index contributed by atoms with van der Waals surface area (Å²) >= 11 is 0.985. The van der Waals surface area contributed by atoms with Crippen molar-refractivity contribution in [2.24, 2.45) is 0 Å². The van der Waals surface area contributed by atoms with E-state index in [4.69, 9.17) is 4.74 Å². The van der Waals surface area contributed by atoms with Gasteiger partial charge in [-0.05, 0) is 78.9 Å². The van der Waals surface area contributed by atoms with Crippen molar-refractivity contribution in [2.45, 2.75) is 51.8 Å². The Morgan fingerprint density at radius 2 is 1.56 bits per heavy atom. The van der Waals surface area contributed by atoms with Crippen LogP contribution in [0.2, 0.25) is 0 Å². The molecular formula is C28H27F6NO5S. The Morgan fingerprint density at radius 3 is 2.12 bits per heavy atom. The van der Waals surface area contributed by atoms with Crippen molar-refractivity contribution < 1.29 is 50.1 Å². The fraction of sp³-hybridized carbons (Fsp3) is 0.357. The Hall–Kier alpha value is -3.74. The molecule has 0 aliphatic carbocycles. The fourth-order valence-electron chi connectivity index (χ4n) is 4.10. The number of methoxy groups -OCH3 is 1. The van der Waals surface area contributed by atoms with E-state index < -0.39 is 43.4 Å². The van der Waals surface area contributed by atoms with E-state index in [0.29, 0.717) is 27.3 Å². The van der Waals surface area contributed by atoms with Crippen LogP contribution in [0.5, 0.6) is 11.5 Å². The van der Waals surface area contributed by atoms with Crippen LogP contribution in [0, 0.1) is 13.8 Å². The minimum absolute atomic E-state index is 0.0298. The molecule has 1 amide bonds. The van der Waals surface area contributed by atoms with Gasteiger partial charge in [0.15, 0.2) is 0 Å². The fourth-order valence-corrected chi connectivity index (χ4v) is 5.09. The lowest BCUT2D eigenvalue weighted by Gasteiger charge is -2.21. The number of nitrogens with one attached hydrogen (secondary N) is 1. The monoisotopic (exact) mass is 603 g/mol. The number of rotatable bonds is 11. The van der Waals surface area contributed by atoms with Crippen LogP contribution in [0.25, 0.3) is 11.1 Å². The Labute approximate surface area is 236 Å². The van der Waals surface area contributed by atoms with Crippen LogP contribution in [0.15, 0.2) is 48.5 Å². The van der Waals surface area contributed by atoms with Crippen LogP contribution < -0.4 is 14.8 Å². The second kappa shape index (κ2) is 13.3. The first-order valence-corrected chi connectivity index (χ1v) is 13.1. The average Bonchev–Trinajstić information content (AvgIpc) is 3.36. The number of alkyl halides is 6. The zero-order chi connectivity index (χ0) is 30.4. The van der Waals surface area contributed by atoms with Gasteiger partial charge >= 0.3 is 18.5 Å². The van der Waals surface area contributed by atoms with Crippen molar-refractivity contribution in [1.29, 1.82) is 0 Å². The zero-order valence-corrected chi connectivity index (χ0v) is 23.1. The molecule has 6 nitrogen and oxygen atoms in total. The van der Waals surface area contributed by atoms with E-state index in [9.17, 15) is 35.9 Å². The standard InChI is InChI=1S/C28H27F6NO5S/c1-16-14-20(15-17(2)25(16)18-4-6-19(7-5-18)40-28(32,33)34)39-21(10-12-27(29,30)31)22-8-9-23(41-22)26(37)35-13-11-24(36)38-3/h4-9,14-15,21H,10-13H2,1-3H3,(H,35,37). The van der Waals surface area contributed by atoms with Crippen molar-refractivity contribution in [1.82, 2.24) is 5.32 Å². The third-order valence-corrected chi connectivity index (χ3v) is 7.04. The quantitative estimate of drug-likeness (QED) is 0.180. The van der Waals surface area contributed by atoms with Gasteiger partial charge < -0.3 is 19.5 Å². The minimum atomic E-state index is -4.81. The highest BCUT2D eigenvalue weighted by atomic mass is 32.1. The number of thiophene rings is 1. The smallest absolute Gasteiger partial charge is 0.485 e. The highest BCUT2D eigenvalue weighted by Crippen LogP contribution is 2.38. The van der Waals surface area contributed by atoms with Gasteiger partial charge in [0.2, 0.25) is 0 Å². The van der Waals surface area contributed by atoms with Gasteiger partial charge in [0.25, 0.3) is 5.91 Å². The van der Waals surface area contributed by atoms with Crippen molar-refractivity contribution in [3.63, 3.8) is 0 Å². The number of halogens is 6. The number of carbonyl (C=O) groups is 2. The van der Waals surface area contributed by atoms with Crippen LogP contribution in [-0.4, -0.2) is 38.1 Å². The van der Waals surface area contributed by atoms with E-state index in [0.717, 1.165) is 16.9 Å². The summed E-state index contributed by atoms with van der Waals surface area (Å²) in [5, 5.41) is 2.56. The van der Waals surface area contributed by atoms with Crippen molar-refractivity contribution in [3.8, 4) is 22.6 Å². The molecule has 0 aliphatic rings. The number of hydrogen-bond donors (Lipinski definition) is 1. The summed E-state index contributed by atoms with van der Waals surface area (Å²) in [7, 11) is 1.22. The zero-order valence-electron chi connectivity index (χ0n) is 22.2. The molecule has 222 valence electrons. The van der Waals surface area contributed by atoms with E-state index in [2.05, 4.69) is 14.8 Å². The van der Waals surface area contributed by atoms with E-state index in [-0.39, 0.29) is 23.6 Å². The van der Waals surface area contributed by atoms with Crippen molar-refractivity contribution >= 4 is 23.2 Å². The van der Waals surface area contributed by atoms with Gasteiger partial charge in [-0.3, -0.25) is 9.59 Å². The predicted molar refractivity (Wildman–Crippen MR) is 140 cm³/mol. The predicted octanol–water partition coefficient (Wildman–Crippen LogP) is 7.69. The summed E-state index contributed by atoms with van der Waals surface area (Å²) in [6.45, 7) is 3.54. The van der Waals surface area contributed by atoms with Crippen LogP contribution in [-0.2, 0) is 9.53 Å². The molecule has 0 bridgehead atoms. The number of carbonyl (C=O) groups excluding carboxylic acids is 2. The molecule has 0 saturated heterocycles. The van der Waals surface area contributed by atoms with Crippen LogP contribution in [0.4, 0.5) is 26.3 Å². The van der Waals surface area contributed by atoms with Crippen LogP contribution in [0.1, 0.15) is 51.0 Å². The summed E-state index contributed by atoms with van der Waals surface area (Å²) < 4.78 is 91.2. The average molecular weight is 604 g/mol. The van der Waals surface area contributed by atoms with Crippen LogP contribution >= 0.6 is 11.3 Å². The van der Waals surface area contributed by atoms with Gasteiger partial charge in [-0.15, -0.1) is 24.5 Å². The molecule has 1 aromatic heterocycles. The van der Waals surface area contributed by atoms with Gasteiger partial charge in [0.05, 0.1) is 18.4 Å². The maximum absolute atomic E-state index is 13.1. The highest BCUT2D eigenvalue weighted by molar-refractivity contribution is 7.14. The normalized spacial score (nSPS) is 12.5. The molecule has 0 radical (unpaired) electrons. The Kier molecular flexibility index (Phi) is 10.3. The van der Waals surface area contributed by atoms with E-state index in [1.165, 1.54) is 43.5 Å². The van der Waals surface area contributed by atoms with E-state index >= 15 is 0 Å². The lowest BCUT2D eigenvalue weighted by molar-refractivity contribution is -0.274. The first-order chi connectivity index (χ1) is 19.1. The van der Waals surface area contributed by atoms with E-state index in [1.54, 1.807) is 26.0 Å². The molecule has 3 aromatic rings. The SMILES string of the molecule is COC(=O)CCNC(=O)c1ccc(C(CCC(F)(F)F)Oc2cc(C)c(-c3ccc(OC(F)(F)F)cc3)c(C)c2)s1. The van der Waals surface area contributed by atoms with Crippen LogP contribution in [0.3, 0.4) is 0 Å². The van der Waals surface area contributed by atoms with Gasteiger partial charge in [-0.2, -0.15) is 13.2 Å². The molecule has 2 aromatic carbocycles. The van der Waals surface area contributed by atoms with E-state index in [1.807, 2.05) is 0 Å². The third-order valence-electron chi connectivity index (χ3n) is 5.86. The van der Waals surface area contributed by atoms with Crippen molar-refractivity contribution in [3.05, 3.63) is 69.4 Å². The second-order valence-electron chi connectivity index (χ2n) is 9.05.